The van der Waals surface area contributed by atoms with Crippen molar-refractivity contribution in [1.82, 2.24) is 29.5 Å². The summed E-state index contributed by atoms with van der Waals surface area (Å²) in [6.45, 7) is 0.624. The highest BCUT2D eigenvalue weighted by Gasteiger charge is 2.08. The fraction of sp³-hybridized carbons (Fsp3) is 0.444. The van der Waals surface area contributed by atoms with Gasteiger partial charge in [0.2, 0.25) is 0 Å². The molecule has 0 aliphatic heterocycles. The number of carboxylic acid groups (broad SMARTS) is 1. The van der Waals surface area contributed by atoms with Gasteiger partial charge in [0.15, 0.2) is 11.0 Å². The van der Waals surface area contributed by atoms with Gasteiger partial charge >= 0.3 is 5.97 Å². The van der Waals surface area contributed by atoms with Crippen molar-refractivity contribution in [3.05, 3.63) is 18.5 Å². The average Bonchev–Trinajstić information content (AvgIpc) is 2.92. The van der Waals surface area contributed by atoms with E-state index in [2.05, 4.69) is 20.3 Å². The van der Waals surface area contributed by atoms with E-state index in [1.165, 1.54) is 0 Å². The SMILES string of the molecule is Cn1cnc(CCn2cnnc2SCC(=O)O)n1. The number of carbonyl (C=O) groups is 1. The number of hydrogen-bond acceptors (Lipinski definition) is 6. The van der Waals surface area contributed by atoms with Crippen LogP contribution in [0.5, 0.6) is 0 Å². The highest BCUT2D eigenvalue weighted by Crippen LogP contribution is 2.14. The van der Waals surface area contributed by atoms with Gasteiger partial charge in [0.25, 0.3) is 0 Å². The Labute approximate surface area is 107 Å². The van der Waals surface area contributed by atoms with Crippen LogP contribution in [0, 0.1) is 0 Å². The molecule has 0 spiro atoms. The monoisotopic (exact) mass is 268 g/mol. The van der Waals surface area contributed by atoms with Gasteiger partial charge in [0, 0.05) is 20.0 Å². The Balaban J connectivity index is 1.93. The first-order valence-electron chi connectivity index (χ1n) is 5.22. The van der Waals surface area contributed by atoms with Gasteiger partial charge in [-0.2, -0.15) is 5.10 Å². The summed E-state index contributed by atoms with van der Waals surface area (Å²) in [5.41, 5.74) is 0. The van der Waals surface area contributed by atoms with Crippen molar-refractivity contribution >= 4 is 17.7 Å². The molecule has 0 aliphatic carbocycles. The Hall–Kier alpha value is -1.90. The molecule has 2 heterocycles. The molecule has 0 aromatic carbocycles. The molecule has 1 N–H and O–H groups in total. The normalized spacial score (nSPS) is 10.7. The van der Waals surface area contributed by atoms with Crippen LogP contribution in [-0.4, -0.2) is 46.4 Å². The zero-order chi connectivity index (χ0) is 13.0. The molecule has 0 fully saturated rings. The first kappa shape index (κ1) is 12.6. The number of aliphatic carboxylic acids is 1. The second-order valence-electron chi connectivity index (χ2n) is 3.57. The third-order valence-electron chi connectivity index (χ3n) is 2.13. The molecule has 0 saturated carbocycles. The van der Waals surface area contributed by atoms with E-state index < -0.39 is 5.97 Å². The van der Waals surface area contributed by atoms with Crippen molar-refractivity contribution in [2.75, 3.05) is 5.75 Å². The number of carboxylic acids is 1. The molecule has 0 bridgehead atoms. The molecule has 0 amide bonds. The largest absolute Gasteiger partial charge is 0.481 e. The molecule has 2 aromatic rings. The van der Waals surface area contributed by atoms with Crippen LogP contribution in [0.3, 0.4) is 0 Å². The molecule has 9 heteroatoms. The Bertz CT molecular complexity index is 537. The van der Waals surface area contributed by atoms with Crippen LogP contribution in [-0.2, 0) is 24.8 Å². The highest BCUT2D eigenvalue weighted by molar-refractivity contribution is 7.99. The molecular formula is C9H12N6O2S. The van der Waals surface area contributed by atoms with Gasteiger partial charge in [-0.3, -0.25) is 9.48 Å². The molecule has 2 aromatic heterocycles. The summed E-state index contributed by atoms with van der Waals surface area (Å²) in [6.07, 6.45) is 3.87. The van der Waals surface area contributed by atoms with Gasteiger partial charge < -0.3 is 9.67 Å². The van der Waals surface area contributed by atoms with Crippen molar-refractivity contribution in [3.63, 3.8) is 0 Å². The lowest BCUT2D eigenvalue weighted by Crippen LogP contribution is -2.05. The minimum atomic E-state index is -0.874. The molecule has 2 rings (SSSR count). The maximum absolute atomic E-state index is 10.5. The third-order valence-corrected chi connectivity index (χ3v) is 3.09. The van der Waals surface area contributed by atoms with E-state index in [0.29, 0.717) is 18.1 Å². The van der Waals surface area contributed by atoms with Crippen molar-refractivity contribution in [2.45, 2.75) is 18.1 Å². The highest BCUT2D eigenvalue weighted by atomic mass is 32.2. The lowest BCUT2D eigenvalue weighted by molar-refractivity contribution is -0.133. The summed E-state index contributed by atoms with van der Waals surface area (Å²) in [5, 5.41) is 21.0. The fourth-order valence-corrected chi connectivity index (χ4v) is 2.02. The summed E-state index contributed by atoms with van der Waals surface area (Å²) in [4.78, 5) is 14.6. The zero-order valence-corrected chi connectivity index (χ0v) is 10.5. The average molecular weight is 268 g/mol. The van der Waals surface area contributed by atoms with E-state index >= 15 is 0 Å². The number of nitrogens with zero attached hydrogens (tertiary/aromatic N) is 6. The van der Waals surface area contributed by atoms with Gasteiger partial charge in [0.1, 0.15) is 12.7 Å². The van der Waals surface area contributed by atoms with Crippen molar-refractivity contribution in [3.8, 4) is 0 Å². The standard InChI is InChI=1S/C9H12N6O2S/c1-14-5-10-7(13-14)2-3-15-6-11-12-9(15)18-4-8(16)17/h5-6H,2-4H2,1H3,(H,16,17). The molecule has 0 saturated heterocycles. The number of hydrogen-bond donors (Lipinski definition) is 1. The molecule has 0 aliphatic rings. The second-order valence-corrected chi connectivity index (χ2v) is 4.52. The Morgan fingerprint density at radius 2 is 2.33 bits per heavy atom. The minimum absolute atomic E-state index is 0.0273. The van der Waals surface area contributed by atoms with Crippen LogP contribution in [0.25, 0.3) is 0 Å². The first-order valence-corrected chi connectivity index (χ1v) is 6.20. The fourth-order valence-electron chi connectivity index (χ4n) is 1.35. The summed E-state index contributed by atoms with van der Waals surface area (Å²) < 4.78 is 3.44. The van der Waals surface area contributed by atoms with Gasteiger partial charge in [-0.15, -0.1) is 10.2 Å². The van der Waals surface area contributed by atoms with Crippen molar-refractivity contribution in [1.29, 1.82) is 0 Å². The van der Waals surface area contributed by atoms with Crippen LogP contribution < -0.4 is 0 Å². The molecule has 96 valence electrons. The maximum Gasteiger partial charge on any atom is 0.313 e. The van der Waals surface area contributed by atoms with Gasteiger partial charge in [-0.05, 0) is 0 Å². The smallest absolute Gasteiger partial charge is 0.313 e. The number of rotatable bonds is 6. The van der Waals surface area contributed by atoms with Crippen LogP contribution in [0.4, 0.5) is 0 Å². The topological polar surface area (TPSA) is 98.7 Å². The number of aromatic nitrogens is 6. The molecule has 8 nitrogen and oxygen atoms in total. The van der Waals surface area contributed by atoms with Gasteiger partial charge in [-0.25, -0.2) is 4.98 Å². The van der Waals surface area contributed by atoms with E-state index in [1.54, 1.807) is 21.9 Å². The van der Waals surface area contributed by atoms with Crippen LogP contribution >= 0.6 is 11.8 Å². The predicted molar refractivity (Wildman–Crippen MR) is 63.1 cm³/mol. The van der Waals surface area contributed by atoms with Gasteiger partial charge in [0.05, 0.1) is 5.75 Å². The van der Waals surface area contributed by atoms with E-state index in [1.807, 2.05) is 7.05 Å². The summed E-state index contributed by atoms with van der Waals surface area (Å²) >= 11 is 1.15. The molecule has 0 radical (unpaired) electrons. The first-order chi connectivity index (χ1) is 8.65. The van der Waals surface area contributed by atoms with Crippen LogP contribution in [0.15, 0.2) is 17.8 Å². The molecule has 0 unspecified atom stereocenters. The minimum Gasteiger partial charge on any atom is -0.481 e. The quantitative estimate of drug-likeness (QED) is 0.726. The Morgan fingerprint density at radius 1 is 1.50 bits per heavy atom. The lowest BCUT2D eigenvalue weighted by Gasteiger charge is -2.02. The molecule has 0 atom stereocenters. The maximum atomic E-state index is 10.5. The van der Waals surface area contributed by atoms with Gasteiger partial charge in [-0.1, -0.05) is 11.8 Å². The summed E-state index contributed by atoms with van der Waals surface area (Å²) in [7, 11) is 1.81. The summed E-state index contributed by atoms with van der Waals surface area (Å²) in [6, 6.07) is 0. The third kappa shape index (κ3) is 3.29. The zero-order valence-electron chi connectivity index (χ0n) is 9.72. The number of aryl methyl sites for hydroxylation is 3. The Kier molecular flexibility index (Phi) is 3.92. The van der Waals surface area contributed by atoms with E-state index in [9.17, 15) is 4.79 Å². The van der Waals surface area contributed by atoms with Crippen LogP contribution in [0.1, 0.15) is 5.82 Å². The number of thioether (sulfide) groups is 1. The van der Waals surface area contributed by atoms with E-state index in [-0.39, 0.29) is 5.75 Å². The summed E-state index contributed by atoms with van der Waals surface area (Å²) in [5.74, 6) is -0.165. The van der Waals surface area contributed by atoms with E-state index in [4.69, 9.17) is 5.11 Å². The molecular weight excluding hydrogens is 256 g/mol. The van der Waals surface area contributed by atoms with Crippen molar-refractivity contribution < 1.29 is 9.90 Å². The predicted octanol–water partition coefficient (Wildman–Crippen LogP) is -0.174. The second kappa shape index (κ2) is 5.63. The van der Waals surface area contributed by atoms with Crippen LogP contribution in [0.2, 0.25) is 0 Å². The molecule has 18 heavy (non-hydrogen) atoms. The van der Waals surface area contributed by atoms with E-state index in [0.717, 1.165) is 17.6 Å². The van der Waals surface area contributed by atoms with Crippen molar-refractivity contribution in [2.24, 2.45) is 7.05 Å². The lowest BCUT2D eigenvalue weighted by atomic mass is 10.4. The Morgan fingerprint density at radius 3 is 3.00 bits per heavy atom.